The number of hydrogen-bond donors (Lipinski definition) is 2. The Balaban J connectivity index is 2.46. The number of anilines is 1. The van der Waals surface area contributed by atoms with Gasteiger partial charge in [-0.1, -0.05) is 22.0 Å². The number of nitrogens with one attached hydrogen (secondary N) is 1. The van der Waals surface area contributed by atoms with Gasteiger partial charge in [-0.2, -0.15) is 0 Å². The van der Waals surface area contributed by atoms with Crippen LogP contribution in [0.2, 0.25) is 0 Å². The first-order valence-corrected chi connectivity index (χ1v) is 6.19. The van der Waals surface area contributed by atoms with E-state index in [9.17, 15) is 4.79 Å². The number of hydrogen-bond acceptors (Lipinski definition) is 2. The molecule has 0 radical (unpaired) electrons. The van der Waals surface area contributed by atoms with Gasteiger partial charge in [0.15, 0.2) is 0 Å². The highest BCUT2D eigenvalue weighted by Crippen LogP contribution is 2.20. The standard InChI is InChI=1S/C12H17BrN2O/c1-9-5-6-10(8-11(9)13)15-12(16)4-2-3-7-14/h5-6,8H,2-4,7,14H2,1H3,(H,15,16). The molecule has 3 nitrogen and oxygen atoms in total. The number of unbranched alkanes of at least 4 members (excludes halogenated alkanes) is 1. The second-order valence-electron chi connectivity index (χ2n) is 3.76. The van der Waals surface area contributed by atoms with Gasteiger partial charge in [0.05, 0.1) is 0 Å². The van der Waals surface area contributed by atoms with Crippen molar-refractivity contribution in [2.45, 2.75) is 26.2 Å². The molecule has 88 valence electrons. The van der Waals surface area contributed by atoms with Gasteiger partial charge in [0.2, 0.25) is 5.91 Å². The lowest BCUT2D eigenvalue weighted by Crippen LogP contribution is -2.12. The maximum absolute atomic E-state index is 11.5. The van der Waals surface area contributed by atoms with Crippen LogP contribution >= 0.6 is 15.9 Å². The summed E-state index contributed by atoms with van der Waals surface area (Å²) in [5.41, 5.74) is 7.35. The summed E-state index contributed by atoms with van der Waals surface area (Å²) in [4.78, 5) is 11.5. The minimum Gasteiger partial charge on any atom is -0.330 e. The van der Waals surface area contributed by atoms with Crippen LogP contribution in [0.3, 0.4) is 0 Å². The summed E-state index contributed by atoms with van der Waals surface area (Å²) >= 11 is 3.43. The van der Waals surface area contributed by atoms with Crippen LogP contribution in [-0.4, -0.2) is 12.5 Å². The fourth-order valence-corrected chi connectivity index (χ4v) is 1.70. The van der Waals surface area contributed by atoms with Gasteiger partial charge in [0.25, 0.3) is 0 Å². The van der Waals surface area contributed by atoms with Crippen molar-refractivity contribution >= 4 is 27.5 Å². The number of aryl methyl sites for hydroxylation is 1. The van der Waals surface area contributed by atoms with Gasteiger partial charge in [-0.25, -0.2) is 0 Å². The summed E-state index contributed by atoms with van der Waals surface area (Å²) in [6.45, 7) is 2.65. The third-order valence-electron chi connectivity index (χ3n) is 2.31. The Hall–Kier alpha value is -0.870. The molecular weight excluding hydrogens is 268 g/mol. The van der Waals surface area contributed by atoms with Crippen molar-refractivity contribution < 1.29 is 4.79 Å². The first-order valence-electron chi connectivity index (χ1n) is 5.39. The molecule has 16 heavy (non-hydrogen) atoms. The Bertz CT molecular complexity index is 366. The molecule has 0 aliphatic rings. The fourth-order valence-electron chi connectivity index (χ4n) is 1.32. The Morgan fingerprint density at radius 2 is 2.19 bits per heavy atom. The number of carbonyl (C=O) groups is 1. The van der Waals surface area contributed by atoms with Crippen LogP contribution in [0, 0.1) is 6.92 Å². The van der Waals surface area contributed by atoms with Gasteiger partial charge in [0, 0.05) is 16.6 Å². The topological polar surface area (TPSA) is 55.1 Å². The average Bonchev–Trinajstić information content (AvgIpc) is 2.24. The average molecular weight is 285 g/mol. The Morgan fingerprint density at radius 3 is 2.81 bits per heavy atom. The van der Waals surface area contributed by atoms with Crippen LogP contribution in [-0.2, 0) is 4.79 Å². The molecule has 0 atom stereocenters. The van der Waals surface area contributed by atoms with Crippen molar-refractivity contribution in [3.63, 3.8) is 0 Å². The molecule has 0 aromatic heterocycles. The maximum atomic E-state index is 11.5. The molecule has 1 rings (SSSR count). The fraction of sp³-hybridized carbons (Fsp3) is 0.417. The molecule has 1 aromatic rings. The second kappa shape index (κ2) is 6.66. The molecule has 0 heterocycles. The van der Waals surface area contributed by atoms with Gasteiger partial charge in [-0.15, -0.1) is 0 Å². The van der Waals surface area contributed by atoms with Crippen LogP contribution in [0.25, 0.3) is 0 Å². The van der Waals surface area contributed by atoms with E-state index in [0.717, 1.165) is 28.6 Å². The molecule has 0 fully saturated rings. The third-order valence-corrected chi connectivity index (χ3v) is 3.17. The van der Waals surface area contributed by atoms with E-state index < -0.39 is 0 Å². The van der Waals surface area contributed by atoms with Crippen molar-refractivity contribution in [2.75, 3.05) is 11.9 Å². The van der Waals surface area contributed by atoms with Gasteiger partial charge >= 0.3 is 0 Å². The van der Waals surface area contributed by atoms with Crippen molar-refractivity contribution in [2.24, 2.45) is 5.73 Å². The lowest BCUT2D eigenvalue weighted by atomic mass is 10.2. The lowest BCUT2D eigenvalue weighted by molar-refractivity contribution is -0.116. The molecule has 3 N–H and O–H groups in total. The molecule has 0 aliphatic carbocycles. The van der Waals surface area contributed by atoms with E-state index in [-0.39, 0.29) is 5.91 Å². The molecule has 0 bridgehead atoms. The predicted molar refractivity (Wildman–Crippen MR) is 70.4 cm³/mol. The van der Waals surface area contributed by atoms with E-state index in [4.69, 9.17) is 5.73 Å². The molecule has 0 saturated heterocycles. The molecule has 0 unspecified atom stereocenters. The first-order chi connectivity index (χ1) is 7.63. The Morgan fingerprint density at radius 1 is 1.44 bits per heavy atom. The minimum absolute atomic E-state index is 0.0456. The molecule has 1 amide bonds. The van der Waals surface area contributed by atoms with Crippen LogP contribution in [0.15, 0.2) is 22.7 Å². The van der Waals surface area contributed by atoms with E-state index >= 15 is 0 Å². The Kier molecular flexibility index (Phi) is 5.49. The number of rotatable bonds is 5. The summed E-state index contributed by atoms with van der Waals surface area (Å²) in [6, 6.07) is 5.79. The number of halogens is 1. The predicted octanol–water partition coefficient (Wildman–Crippen LogP) is 2.83. The smallest absolute Gasteiger partial charge is 0.224 e. The highest BCUT2D eigenvalue weighted by atomic mass is 79.9. The normalized spacial score (nSPS) is 10.2. The van der Waals surface area contributed by atoms with Crippen LogP contribution in [0.5, 0.6) is 0 Å². The number of nitrogens with two attached hydrogens (primary N) is 1. The molecule has 0 aliphatic heterocycles. The van der Waals surface area contributed by atoms with E-state index in [1.54, 1.807) is 0 Å². The molecule has 1 aromatic carbocycles. The van der Waals surface area contributed by atoms with Gasteiger partial charge in [-0.05, 0) is 44.0 Å². The molecule has 0 spiro atoms. The zero-order valence-corrected chi connectivity index (χ0v) is 11.0. The van der Waals surface area contributed by atoms with Crippen LogP contribution < -0.4 is 11.1 Å². The van der Waals surface area contributed by atoms with Crippen molar-refractivity contribution in [3.05, 3.63) is 28.2 Å². The van der Waals surface area contributed by atoms with Crippen molar-refractivity contribution in [1.82, 2.24) is 0 Å². The van der Waals surface area contributed by atoms with E-state index in [0.29, 0.717) is 13.0 Å². The Labute approximate surface area is 105 Å². The first kappa shape index (κ1) is 13.2. The summed E-state index contributed by atoms with van der Waals surface area (Å²) in [7, 11) is 0. The summed E-state index contributed by atoms with van der Waals surface area (Å²) in [5.74, 6) is 0.0456. The molecule has 4 heteroatoms. The van der Waals surface area contributed by atoms with E-state index in [1.807, 2.05) is 25.1 Å². The number of amides is 1. The zero-order chi connectivity index (χ0) is 12.0. The summed E-state index contributed by atoms with van der Waals surface area (Å²) in [5, 5.41) is 2.86. The highest BCUT2D eigenvalue weighted by molar-refractivity contribution is 9.10. The van der Waals surface area contributed by atoms with Gasteiger partial charge < -0.3 is 11.1 Å². The van der Waals surface area contributed by atoms with E-state index in [1.165, 1.54) is 0 Å². The largest absolute Gasteiger partial charge is 0.330 e. The lowest BCUT2D eigenvalue weighted by Gasteiger charge is -2.06. The van der Waals surface area contributed by atoms with E-state index in [2.05, 4.69) is 21.2 Å². The van der Waals surface area contributed by atoms with Crippen LogP contribution in [0.4, 0.5) is 5.69 Å². The number of benzene rings is 1. The molecular formula is C12H17BrN2O. The quantitative estimate of drug-likeness (QED) is 0.817. The monoisotopic (exact) mass is 284 g/mol. The minimum atomic E-state index is 0.0456. The maximum Gasteiger partial charge on any atom is 0.224 e. The van der Waals surface area contributed by atoms with Crippen molar-refractivity contribution in [3.8, 4) is 0 Å². The zero-order valence-electron chi connectivity index (χ0n) is 9.42. The summed E-state index contributed by atoms with van der Waals surface area (Å²) in [6.07, 6.45) is 2.27. The number of carbonyl (C=O) groups excluding carboxylic acids is 1. The summed E-state index contributed by atoms with van der Waals surface area (Å²) < 4.78 is 1.01. The van der Waals surface area contributed by atoms with Crippen LogP contribution in [0.1, 0.15) is 24.8 Å². The second-order valence-corrected chi connectivity index (χ2v) is 4.61. The molecule has 0 saturated carbocycles. The third kappa shape index (κ3) is 4.33. The van der Waals surface area contributed by atoms with Gasteiger partial charge in [0.1, 0.15) is 0 Å². The van der Waals surface area contributed by atoms with Crippen molar-refractivity contribution in [1.29, 1.82) is 0 Å². The highest BCUT2D eigenvalue weighted by Gasteiger charge is 2.03. The van der Waals surface area contributed by atoms with Gasteiger partial charge in [-0.3, -0.25) is 4.79 Å². The SMILES string of the molecule is Cc1ccc(NC(=O)CCCCN)cc1Br.